The number of hydrogen-bond acceptors (Lipinski definition) is 3. The molecule has 0 saturated carbocycles. The topological polar surface area (TPSA) is 99.6 Å². The number of nitrogen functional groups attached to an aromatic ring is 1. The van der Waals surface area contributed by atoms with Crippen molar-refractivity contribution >= 4 is 5.91 Å². The fourth-order valence-electron chi connectivity index (χ4n) is 1.15. The molecular weight excluding hydrogens is 182 g/mol. The molecule has 6 nitrogen and oxygen atoms in total. The summed E-state index contributed by atoms with van der Waals surface area (Å²) >= 11 is 0. The first-order valence-electron chi connectivity index (χ1n) is 4.01. The van der Waals surface area contributed by atoms with Gasteiger partial charge in [0.25, 0.3) is 5.91 Å². The number of hydrazine groups is 1. The van der Waals surface area contributed by atoms with Crippen LogP contribution in [0.2, 0.25) is 0 Å². The third-order valence-corrected chi connectivity index (χ3v) is 1.85. The van der Waals surface area contributed by atoms with Crippen LogP contribution < -0.4 is 11.3 Å². The lowest BCUT2D eigenvalue weighted by atomic mass is 10.2. The molecular formula is C8H9N5O. The Balaban J connectivity index is 2.31. The van der Waals surface area contributed by atoms with Crippen LogP contribution in [0.4, 0.5) is 0 Å². The largest absolute Gasteiger partial charge is 0.367 e. The zero-order valence-electron chi connectivity index (χ0n) is 7.24. The lowest BCUT2D eigenvalue weighted by Crippen LogP contribution is -2.30. The molecule has 2 aromatic heterocycles. The zero-order chi connectivity index (χ0) is 9.97. The maximum atomic E-state index is 11.1. The standard InChI is InChI=1S/C8H9N5O/c9-11-8(14)7-3-6(12-13-7)5-1-2-10-4-5/h1-4,10H,9H2,(H,11,14)(H,12,13). The Kier molecular flexibility index (Phi) is 2.04. The van der Waals surface area contributed by atoms with E-state index in [9.17, 15) is 4.79 Å². The van der Waals surface area contributed by atoms with Gasteiger partial charge in [0.2, 0.25) is 0 Å². The Morgan fingerprint density at radius 3 is 3.07 bits per heavy atom. The van der Waals surface area contributed by atoms with E-state index in [0.29, 0.717) is 11.4 Å². The summed E-state index contributed by atoms with van der Waals surface area (Å²) in [4.78, 5) is 14.0. The zero-order valence-corrected chi connectivity index (χ0v) is 7.24. The van der Waals surface area contributed by atoms with Gasteiger partial charge in [0, 0.05) is 18.0 Å². The lowest BCUT2D eigenvalue weighted by Gasteiger charge is -1.91. The monoisotopic (exact) mass is 191 g/mol. The molecule has 0 atom stereocenters. The third-order valence-electron chi connectivity index (χ3n) is 1.85. The number of nitrogens with two attached hydrogens (primary N) is 1. The number of H-pyrrole nitrogens is 2. The van der Waals surface area contributed by atoms with Crippen molar-refractivity contribution in [2.45, 2.75) is 0 Å². The van der Waals surface area contributed by atoms with E-state index in [2.05, 4.69) is 15.2 Å². The highest BCUT2D eigenvalue weighted by molar-refractivity contribution is 5.92. The highest BCUT2D eigenvalue weighted by Gasteiger charge is 2.09. The second-order valence-corrected chi connectivity index (χ2v) is 2.74. The van der Waals surface area contributed by atoms with Crippen molar-refractivity contribution in [1.82, 2.24) is 20.6 Å². The predicted molar refractivity (Wildman–Crippen MR) is 50.0 cm³/mol. The Morgan fingerprint density at radius 1 is 1.57 bits per heavy atom. The first-order chi connectivity index (χ1) is 6.81. The van der Waals surface area contributed by atoms with E-state index < -0.39 is 0 Å². The number of nitrogens with one attached hydrogen (secondary N) is 3. The molecule has 0 saturated heterocycles. The normalized spacial score (nSPS) is 10.1. The molecule has 14 heavy (non-hydrogen) atoms. The maximum Gasteiger partial charge on any atom is 0.283 e. The number of carbonyl (C=O) groups excluding carboxylic acids is 1. The lowest BCUT2D eigenvalue weighted by molar-refractivity contribution is 0.0948. The summed E-state index contributed by atoms with van der Waals surface area (Å²) < 4.78 is 0. The minimum atomic E-state index is -0.390. The van der Waals surface area contributed by atoms with Gasteiger partial charge in [-0.25, -0.2) is 5.84 Å². The number of nitrogens with zero attached hydrogens (tertiary/aromatic N) is 1. The maximum absolute atomic E-state index is 11.1. The van der Waals surface area contributed by atoms with Gasteiger partial charge in [-0.3, -0.25) is 15.3 Å². The molecule has 1 amide bonds. The minimum Gasteiger partial charge on any atom is -0.367 e. The molecule has 0 aliphatic carbocycles. The molecule has 0 unspecified atom stereocenters. The second kappa shape index (κ2) is 3.35. The molecule has 2 heterocycles. The van der Waals surface area contributed by atoms with Gasteiger partial charge in [-0.2, -0.15) is 5.10 Å². The molecule has 2 rings (SSSR count). The summed E-state index contributed by atoms with van der Waals surface area (Å²) in [5.74, 6) is 4.59. The van der Waals surface area contributed by atoms with Crippen molar-refractivity contribution < 1.29 is 4.79 Å². The molecule has 0 bridgehead atoms. The highest BCUT2D eigenvalue weighted by atomic mass is 16.2. The summed E-state index contributed by atoms with van der Waals surface area (Å²) in [6.07, 6.45) is 3.58. The van der Waals surface area contributed by atoms with E-state index in [4.69, 9.17) is 5.84 Å². The average Bonchev–Trinajstić information content (AvgIpc) is 2.86. The van der Waals surface area contributed by atoms with Crippen molar-refractivity contribution in [2.75, 3.05) is 0 Å². The third kappa shape index (κ3) is 1.38. The molecule has 0 aromatic carbocycles. The Morgan fingerprint density at radius 2 is 2.43 bits per heavy atom. The van der Waals surface area contributed by atoms with Crippen molar-refractivity contribution in [3.63, 3.8) is 0 Å². The van der Waals surface area contributed by atoms with Crippen LogP contribution in [0.15, 0.2) is 24.5 Å². The van der Waals surface area contributed by atoms with Crippen molar-refractivity contribution in [2.24, 2.45) is 5.84 Å². The van der Waals surface area contributed by atoms with E-state index in [1.165, 1.54) is 0 Å². The molecule has 0 fully saturated rings. The number of aromatic nitrogens is 3. The first kappa shape index (κ1) is 8.52. The molecule has 0 aliphatic rings. The first-order valence-corrected chi connectivity index (χ1v) is 4.01. The summed E-state index contributed by atoms with van der Waals surface area (Å²) in [6.45, 7) is 0. The second-order valence-electron chi connectivity index (χ2n) is 2.74. The number of hydrogen-bond donors (Lipinski definition) is 4. The van der Waals surface area contributed by atoms with Crippen LogP contribution in [0.3, 0.4) is 0 Å². The fourth-order valence-corrected chi connectivity index (χ4v) is 1.15. The van der Waals surface area contributed by atoms with Gasteiger partial charge in [-0.15, -0.1) is 0 Å². The smallest absolute Gasteiger partial charge is 0.283 e. The highest BCUT2D eigenvalue weighted by Crippen LogP contribution is 2.15. The van der Waals surface area contributed by atoms with Gasteiger partial charge in [-0.05, 0) is 12.1 Å². The van der Waals surface area contributed by atoms with Crippen LogP contribution in [-0.2, 0) is 0 Å². The fraction of sp³-hybridized carbons (Fsp3) is 0. The molecule has 0 aliphatic heterocycles. The van der Waals surface area contributed by atoms with Crippen LogP contribution in [0.25, 0.3) is 11.3 Å². The molecule has 5 N–H and O–H groups in total. The van der Waals surface area contributed by atoms with Gasteiger partial charge < -0.3 is 4.98 Å². The van der Waals surface area contributed by atoms with E-state index in [-0.39, 0.29) is 5.91 Å². The van der Waals surface area contributed by atoms with Crippen molar-refractivity contribution in [3.8, 4) is 11.3 Å². The summed E-state index contributed by atoms with van der Waals surface area (Å²) in [7, 11) is 0. The summed E-state index contributed by atoms with van der Waals surface area (Å²) in [5.41, 5.74) is 3.97. The van der Waals surface area contributed by atoms with Crippen LogP contribution in [0, 0.1) is 0 Å². The van der Waals surface area contributed by atoms with Crippen LogP contribution in [-0.4, -0.2) is 21.1 Å². The summed E-state index contributed by atoms with van der Waals surface area (Å²) in [5, 5.41) is 6.56. The number of amides is 1. The van der Waals surface area contributed by atoms with Gasteiger partial charge >= 0.3 is 0 Å². The molecule has 0 spiro atoms. The Labute approximate surface area is 79.5 Å². The van der Waals surface area contributed by atoms with E-state index in [1.54, 1.807) is 18.5 Å². The van der Waals surface area contributed by atoms with Gasteiger partial charge in [0.05, 0.1) is 5.69 Å². The molecule has 0 radical (unpaired) electrons. The SMILES string of the molecule is NNC(=O)c1cc(-c2cc[nH]c2)n[nH]1. The van der Waals surface area contributed by atoms with Gasteiger partial charge in [0.1, 0.15) is 5.69 Å². The van der Waals surface area contributed by atoms with Crippen LogP contribution >= 0.6 is 0 Å². The van der Waals surface area contributed by atoms with Crippen molar-refractivity contribution in [3.05, 3.63) is 30.2 Å². The Hall–Kier alpha value is -2.08. The van der Waals surface area contributed by atoms with Gasteiger partial charge in [0.15, 0.2) is 0 Å². The molecule has 72 valence electrons. The molecule has 6 heteroatoms. The van der Waals surface area contributed by atoms with Crippen LogP contribution in [0.5, 0.6) is 0 Å². The summed E-state index contributed by atoms with van der Waals surface area (Å²) in [6, 6.07) is 3.49. The quantitative estimate of drug-likeness (QED) is 0.305. The number of aromatic amines is 2. The predicted octanol–water partition coefficient (Wildman–Crippen LogP) is 0.00830. The molecule has 2 aromatic rings. The number of carbonyl (C=O) groups is 1. The van der Waals surface area contributed by atoms with E-state index in [1.807, 2.05) is 11.5 Å². The van der Waals surface area contributed by atoms with Crippen LogP contribution in [0.1, 0.15) is 10.5 Å². The van der Waals surface area contributed by atoms with Crippen molar-refractivity contribution in [1.29, 1.82) is 0 Å². The van der Waals surface area contributed by atoms with E-state index >= 15 is 0 Å². The van der Waals surface area contributed by atoms with E-state index in [0.717, 1.165) is 5.56 Å². The number of rotatable bonds is 2. The minimum absolute atomic E-state index is 0.337. The average molecular weight is 191 g/mol. The van der Waals surface area contributed by atoms with Gasteiger partial charge in [-0.1, -0.05) is 0 Å². The Bertz CT molecular complexity index is 430.